The van der Waals surface area contributed by atoms with Crippen LogP contribution in [0.3, 0.4) is 0 Å². The van der Waals surface area contributed by atoms with Gasteiger partial charge in [-0.25, -0.2) is 4.79 Å². The highest BCUT2D eigenvalue weighted by molar-refractivity contribution is 5.87. The molecular formula is C16H29N3O2. The molecule has 0 aromatic rings. The summed E-state index contributed by atoms with van der Waals surface area (Å²) >= 11 is 0. The lowest BCUT2D eigenvalue weighted by atomic mass is 10.0. The highest BCUT2D eigenvalue weighted by Gasteiger charge is 2.25. The second kappa shape index (κ2) is 7.14. The smallest absolute Gasteiger partial charge is 0.410 e. The van der Waals surface area contributed by atoms with Gasteiger partial charge in [0.1, 0.15) is 11.4 Å². The van der Waals surface area contributed by atoms with E-state index in [9.17, 15) is 4.79 Å². The predicted octanol–water partition coefficient (Wildman–Crippen LogP) is 2.81. The molecule has 2 rings (SSSR count). The first-order chi connectivity index (χ1) is 9.94. The topological polar surface area (TPSA) is 53.9 Å². The molecule has 1 fully saturated rings. The zero-order valence-corrected chi connectivity index (χ0v) is 13.7. The van der Waals surface area contributed by atoms with E-state index in [1.165, 1.54) is 32.1 Å². The number of ether oxygens (including phenoxy) is 1. The highest BCUT2D eigenvalue weighted by Crippen LogP contribution is 2.26. The number of rotatable bonds is 3. The van der Waals surface area contributed by atoms with Crippen molar-refractivity contribution in [1.29, 1.82) is 0 Å². The summed E-state index contributed by atoms with van der Waals surface area (Å²) in [5.74, 6) is 1.80. The first-order valence-electron chi connectivity index (χ1n) is 8.19. The molecule has 0 bridgehead atoms. The van der Waals surface area contributed by atoms with Crippen LogP contribution in [0, 0.1) is 5.92 Å². The maximum absolute atomic E-state index is 12.1. The Labute approximate surface area is 128 Å². The summed E-state index contributed by atoms with van der Waals surface area (Å²) in [5, 5.41) is 3.40. The molecule has 1 heterocycles. The summed E-state index contributed by atoms with van der Waals surface area (Å²) in [6, 6.07) is 0. The molecule has 1 amide bonds. The first kappa shape index (κ1) is 16.1. The molecule has 1 N–H and O–H groups in total. The molecule has 5 nitrogen and oxygen atoms in total. The largest absolute Gasteiger partial charge is 0.444 e. The zero-order chi connectivity index (χ0) is 15.3. The molecule has 21 heavy (non-hydrogen) atoms. The van der Waals surface area contributed by atoms with Gasteiger partial charge in [-0.3, -0.25) is 9.89 Å². The van der Waals surface area contributed by atoms with Crippen LogP contribution in [0.25, 0.3) is 0 Å². The lowest BCUT2D eigenvalue weighted by Gasteiger charge is -2.30. The fraction of sp³-hybridized carbons (Fsp3) is 0.875. The lowest BCUT2D eigenvalue weighted by Crippen LogP contribution is -2.47. The molecule has 1 aliphatic heterocycles. The van der Waals surface area contributed by atoms with E-state index in [4.69, 9.17) is 4.74 Å². The summed E-state index contributed by atoms with van der Waals surface area (Å²) in [7, 11) is 0. The van der Waals surface area contributed by atoms with Gasteiger partial charge in [-0.05, 0) is 33.1 Å². The minimum atomic E-state index is -0.443. The summed E-state index contributed by atoms with van der Waals surface area (Å²) in [6.45, 7) is 8.48. The maximum atomic E-state index is 12.1. The molecule has 2 aliphatic rings. The number of hydrogen-bond donors (Lipinski definition) is 1. The Morgan fingerprint density at radius 2 is 2.10 bits per heavy atom. The SMILES string of the molecule is CC(C)(C)OC(=O)N1CCN=C(NCCC2CCCC2)C1. The molecule has 0 aromatic heterocycles. The van der Waals surface area contributed by atoms with E-state index in [2.05, 4.69) is 10.3 Å². The Kier molecular flexibility index (Phi) is 5.48. The third-order valence-corrected chi connectivity index (χ3v) is 4.02. The lowest BCUT2D eigenvalue weighted by molar-refractivity contribution is 0.0276. The van der Waals surface area contributed by atoms with Crippen LogP contribution in [0.5, 0.6) is 0 Å². The molecule has 0 aromatic carbocycles. The van der Waals surface area contributed by atoms with Crippen molar-refractivity contribution in [3.05, 3.63) is 0 Å². The Hall–Kier alpha value is -1.26. The number of carbonyl (C=O) groups excluding carboxylic acids is 1. The van der Waals surface area contributed by atoms with Crippen LogP contribution in [0.4, 0.5) is 4.79 Å². The fourth-order valence-electron chi connectivity index (χ4n) is 2.93. The van der Waals surface area contributed by atoms with E-state index in [1.54, 1.807) is 4.90 Å². The second-order valence-corrected chi connectivity index (χ2v) is 7.10. The van der Waals surface area contributed by atoms with Crippen molar-refractivity contribution in [1.82, 2.24) is 10.2 Å². The van der Waals surface area contributed by atoms with Gasteiger partial charge < -0.3 is 10.1 Å². The number of carbonyl (C=O) groups is 1. The van der Waals surface area contributed by atoms with E-state index >= 15 is 0 Å². The summed E-state index contributed by atoms with van der Waals surface area (Å²) in [5.41, 5.74) is -0.443. The van der Waals surface area contributed by atoms with Crippen LogP contribution in [0.2, 0.25) is 0 Å². The normalized spacial score (nSPS) is 20.3. The van der Waals surface area contributed by atoms with Crippen molar-refractivity contribution < 1.29 is 9.53 Å². The molecule has 120 valence electrons. The van der Waals surface area contributed by atoms with Crippen LogP contribution < -0.4 is 5.32 Å². The van der Waals surface area contributed by atoms with Gasteiger partial charge >= 0.3 is 6.09 Å². The Bertz CT molecular complexity index is 381. The van der Waals surface area contributed by atoms with Crippen molar-refractivity contribution >= 4 is 11.9 Å². The Balaban J connectivity index is 1.72. The zero-order valence-electron chi connectivity index (χ0n) is 13.7. The van der Waals surface area contributed by atoms with Crippen LogP contribution in [-0.2, 0) is 4.74 Å². The van der Waals surface area contributed by atoms with Gasteiger partial charge in [0, 0.05) is 13.1 Å². The average Bonchev–Trinajstić information content (AvgIpc) is 2.90. The van der Waals surface area contributed by atoms with Crippen molar-refractivity contribution in [2.45, 2.75) is 58.5 Å². The molecular weight excluding hydrogens is 266 g/mol. The molecule has 1 saturated carbocycles. The summed E-state index contributed by atoms with van der Waals surface area (Å²) in [6.07, 6.45) is 6.49. The van der Waals surface area contributed by atoms with Crippen LogP contribution in [0.1, 0.15) is 52.9 Å². The fourth-order valence-corrected chi connectivity index (χ4v) is 2.93. The van der Waals surface area contributed by atoms with E-state index in [0.717, 1.165) is 18.3 Å². The third-order valence-electron chi connectivity index (χ3n) is 4.02. The molecule has 0 atom stereocenters. The summed E-state index contributed by atoms with van der Waals surface area (Å²) < 4.78 is 5.42. The molecule has 1 aliphatic carbocycles. The quantitative estimate of drug-likeness (QED) is 0.871. The van der Waals surface area contributed by atoms with Crippen LogP contribution in [-0.4, -0.2) is 48.6 Å². The molecule has 0 spiro atoms. The maximum Gasteiger partial charge on any atom is 0.410 e. The Morgan fingerprint density at radius 3 is 2.76 bits per heavy atom. The van der Waals surface area contributed by atoms with Gasteiger partial charge in [0.2, 0.25) is 0 Å². The monoisotopic (exact) mass is 295 g/mol. The number of nitrogens with zero attached hydrogens (tertiary/aromatic N) is 2. The summed E-state index contributed by atoms with van der Waals surface area (Å²) in [4.78, 5) is 18.3. The number of amidine groups is 1. The van der Waals surface area contributed by atoms with Crippen LogP contribution >= 0.6 is 0 Å². The highest BCUT2D eigenvalue weighted by atomic mass is 16.6. The number of aliphatic imine (C=N–C) groups is 1. The molecule has 0 saturated heterocycles. The van der Waals surface area contributed by atoms with Crippen molar-refractivity contribution in [3.63, 3.8) is 0 Å². The van der Waals surface area contributed by atoms with E-state index < -0.39 is 5.60 Å². The third kappa shape index (κ3) is 5.56. The van der Waals surface area contributed by atoms with Crippen molar-refractivity contribution in [2.75, 3.05) is 26.2 Å². The molecule has 5 heteroatoms. The van der Waals surface area contributed by atoms with Gasteiger partial charge in [-0.1, -0.05) is 25.7 Å². The van der Waals surface area contributed by atoms with Gasteiger partial charge in [0.25, 0.3) is 0 Å². The molecule has 0 unspecified atom stereocenters. The standard InChI is InChI=1S/C16H29N3O2/c1-16(2,3)21-15(20)19-11-10-18-14(12-19)17-9-8-13-6-4-5-7-13/h13H,4-12H2,1-3H3,(H,17,18). The van der Waals surface area contributed by atoms with E-state index in [-0.39, 0.29) is 6.09 Å². The first-order valence-corrected chi connectivity index (χ1v) is 8.19. The number of amides is 1. The van der Waals surface area contributed by atoms with E-state index in [0.29, 0.717) is 19.6 Å². The van der Waals surface area contributed by atoms with Crippen molar-refractivity contribution in [2.24, 2.45) is 10.9 Å². The van der Waals surface area contributed by atoms with Crippen molar-refractivity contribution in [3.8, 4) is 0 Å². The average molecular weight is 295 g/mol. The second-order valence-electron chi connectivity index (χ2n) is 7.10. The van der Waals surface area contributed by atoms with Gasteiger partial charge in [-0.15, -0.1) is 0 Å². The molecule has 0 radical (unpaired) electrons. The van der Waals surface area contributed by atoms with Gasteiger partial charge in [-0.2, -0.15) is 0 Å². The number of nitrogens with one attached hydrogen (secondary N) is 1. The Morgan fingerprint density at radius 1 is 1.38 bits per heavy atom. The number of hydrogen-bond acceptors (Lipinski definition) is 4. The van der Waals surface area contributed by atoms with Gasteiger partial charge in [0.05, 0.1) is 13.1 Å². The van der Waals surface area contributed by atoms with Crippen LogP contribution in [0.15, 0.2) is 4.99 Å². The minimum Gasteiger partial charge on any atom is -0.444 e. The minimum absolute atomic E-state index is 0.243. The van der Waals surface area contributed by atoms with E-state index in [1.807, 2.05) is 20.8 Å². The van der Waals surface area contributed by atoms with Gasteiger partial charge in [0.15, 0.2) is 0 Å². The predicted molar refractivity (Wildman–Crippen MR) is 84.7 cm³/mol.